The summed E-state index contributed by atoms with van der Waals surface area (Å²) in [6.45, 7) is 0. The summed E-state index contributed by atoms with van der Waals surface area (Å²) in [5.41, 5.74) is 1.67. The minimum absolute atomic E-state index is 0.0160. The summed E-state index contributed by atoms with van der Waals surface area (Å²) < 4.78 is 6.64. The molecule has 0 unspecified atom stereocenters. The Kier molecular flexibility index (Phi) is 4.32. The van der Waals surface area contributed by atoms with Crippen molar-refractivity contribution < 1.29 is 9.21 Å². The third-order valence-electron chi connectivity index (χ3n) is 3.81. The molecule has 0 fully saturated rings. The average molecular weight is 362 g/mol. The van der Waals surface area contributed by atoms with Crippen molar-refractivity contribution in [1.29, 1.82) is 0 Å². The normalized spacial score (nSPS) is 10.7. The van der Waals surface area contributed by atoms with Crippen molar-refractivity contribution in [2.75, 3.05) is 5.32 Å². The zero-order valence-corrected chi connectivity index (χ0v) is 14.0. The van der Waals surface area contributed by atoms with E-state index in [9.17, 15) is 9.59 Å². The van der Waals surface area contributed by atoms with Crippen molar-refractivity contribution in [3.05, 3.63) is 88.5 Å². The highest BCUT2D eigenvalue weighted by Gasteiger charge is 2.14. The second kappa shape index (κ2) is 7.08. The highest BCUT2D eigenvalue weighted by atomic mass is 16.4. The first-order valence-electron chi connectivity index (χ1n) is 8.10. The lowest BCUT2D eigenvalue weighted by molar-refractivity contribution is 0.0988. The number of nitrogens with zero attached hydrogens (tertiary/aromatic N) is 4. The van der Waals surface area contributed by atoms with Gasteiger partial charge in [0.1, 0.15) is 5.76 Å². The van der Waals surface area contributed by atoms with Crippen LogP contribution < -0.4 is 11.0 Å². The van der Waals surface area contributed by atoms with Gasteiger partial charge in [0.2, 0.25) is 0 Å². The van der Waals surface area contributed by atoms with Crippen LogP contribution in [0.15, 0.2) is 70.0 Å². The number of H-pyrrole nitrogens is 1. The zero-order valence-electron chi connectivity index (χ0n) is 14.0. The van der Waals surface area contributed by atoms with Crippen LogP contribution in [-0.2, 0) is 6.42 Å². The van der Waals surface area contributed by atoms with Gasteiger partial charge in [0.25, 0.3) is 5.89 Å². The first kappa shape index (κ1) is 16.5. The van der Waals surface area contributed by atoms with Crippen LogP contribution in [0.3, 0.4) is 0 Å². The van der Waals surface area contributed by atoms with Crippen LogP contribution in [0.2, 0.25) is 0 Å². The maximum absolute atomic E-state index is 12.3. The van der Waals surface area contributed by atoms with Gasteiger partial charge in [0.05, 0.1) is 11.9 Å². The quantitative estimate of drug-likeness (QED) is 0.559. The second-order valence-electron chi connectivity index (χ2n) is 5.71. The summed E-state index contributed by atoms with van der Waals surface area (Å²) in [5, 5.41) is 12.0. The molecule has 2 aromatic heterocycles. The molecule has 0 radical (unpaired) electrons. The lowest BCUT2D eigenvalue weighted by Crippen LogP contribution is -2.16. The van der Waals surface area contributed by atoms with E-state index in [1.54, 1.807) is 30.5 Å². The van der Waals surface area contributed by atoms with Crippen LogP contribution in [0.25, 0.3) is 5.69 Å². The number of benzene rings is 2. The number of hydrogen-bond acceptors (Lipinski definition) is 6. The molecule has 0 aliphatic rings. The number of nitrogens with one attached hydrogen (secondary N) is 2. The molecule has 2 N–H and O–H groups in total. The Morgan fingerprint density at radius 1 is 1.11 bits per heavy atom. The van der Waals surface area contributed by atoms with Crippen LogP contribution in [0.4, 0.5) is 5.69 Å². The first-order valence-corrected chi connectivity index (χ1v) is 8.10. The number of hydrogen-bond donors (Lipinski definition) is 2. The fourth-order valence-electron chi connectivity index (χ4n) is 2.53. The summed E-state index contributed by atoms with van der Waals surface area (Å²) in [7, 11) is 0. The molecule has 27 heavy (non-hydrogen) atoms. The van der Waals surface area contributed by atoms with Crippen molar-refractivity contribution in [2.45, 2.75) is 6.42 Å². The molecule has 0 saturated heterocycles. The number of carbonyl (C=O) groups is 1. The van der Waals surface area contributed by atoms with Gasteiger partial charge in [-0.15, -0.1) is 0 Å². The van der Waals surface area contributed by atoms with Gasteiger partial charge in [-0.1, -0.05) is 30.3 Å². The van der Waals surface area contributed by atoms with E-state index in [1.807, 2.05) is 30.3 Å². The highest BCUT2D eigenvalue weighted by Crippen LogP contribution is 2.14. The molecule has 134 valence electrons. The van der Waals surface area contributed by atoms with E-state index in [2.05, 4.69) is 25.8 Å². The average Bonchev–Trinajstić information content (AvgIpc) is 3.32. The van der Waals surface area contributed by atoms with E-state index < -0.39 is 11.6 Å². The number of amides is 1. The minimum Gasteiger partial charge on any atom is -0.437 e. The molecule has 4 aromatic rings. The summed E-state index contributed by atoms with van der Waals surface area (Å²) in [6.07, 6.45) is 2.10. The molecule has 0 aliphatic carbocycles. The number of tetrazole rings is 1. The third-order valence-corrected chi connectivity index (χ3v) is 3.81. The van der Waals surface area contributed by atoms with Crippen molar-refractivity contribution in [1.82, 2.24) is 25.2 Å². The van der Waals surface area contributed by atoms with Gasteiger partial charge in [0, 0.05) is 12.1 Å². The predicted octanol–water partition coefficient (Wildman–Crippen LogP) is 1.79. The highest BCUT2D eigenvalue weighted by molar-refractivity contribution is 6.00. The molecule has 0 atom stereocenters. The van der Waals surface area contributed by atoms with Gasteiger partial charge in [-0.25, -0.2) is 14.9 Å². The molecule has 2 aromatic carbocycles. The van der Waals surface area contributed by atoms with Gasteiger partial charge in [-0.2, -0.15) is 4.68 Å². The van der Waals surface area contributed by atoms with E-state index in [0.717, 1.165) is 10.2 Å². The molecule has 4 rings (SSSR count). The van der Waals surface area contributed by atoms with Crippen molar-refractivity contribution >= 4 is 11.6 Å². The van der Waals surface area contributed by atoms with E-state index in [-0.39, 0.29) is 5.89 Å². The van der Waals surface area contributed by atoms with Crippen molar-refractivity contribution in [3.63, 3.8) is 0 Å². The Balaban J connectivity index is 1.43. The maximum atomic E-state index is 12.3. The van der Waals surface area contributed by atoms with Gasteiger partial charge in [-0.05, 0) is 40.3 Å². The third kappa shape index (κ3) is 3.66. The molecule has 2 heterocycles. The maximum Gasteiger partial charge on any atom is 0.365 e. The van der Waals surface area contributed by atoms with Gasteiger partial charge >= 0.3 is 11.6 Å². The smallest absolute Gasteiger partial charge is 0.365 e. The van der Waals surface area contributed by atoms with Gasteiger partial charge in [-0.3, -0.25) is 4.79 Å². The van der Waals surface area contributed by atoms with Gasteiger partial charge < -0.3 is 9.73 Å². The fourth-order valence-corrected chi connectivity index (χ4v) is 2.53. The molecule has 9 nitrogen and oxygen atoms in total. The molecule has 1 amide bonds. The molecular weight excluding hydrogens is 348 g/mol. The SMILES string of the molecule is O=C(Nc1ccc(-n2nn[nH]c2=O)cc1)c1ncc(Cc2ccccc2)o1. The lowest BCUT2D eigenvalue weighted by Gasteiger charge is -2.04. The molecule has 0 bridgehead atoms. The minimum atomic E-state index is -0.458. The molecule has 0 aliphatic heterocycles. The molecule has 0 saturated carbocycles. The van der Waals surface area contributed by atoms with Crippen LogP contribution in [0.1, 0.15) is 22.0 Å². The Hall–Kier alpha value is -4.01. The Morgan fingerprint density at radius 2 is 1.89 bits per heavy atom. The largest absolute Gasteiger partial charge is 0.437 e. The van der Waals surface area contributed by atoms with E-state index in [4.69, 9.17) is 4.42 Å². The Labute approximate surface area is 152 Å². The number of oxazole rings is 1. The van der Waals surface area contributed by atoms with Crippen LogP contribution in [0, 0.1) is 0 Å². The predicted molar refractivity (Wildman–Crippen MR) is 95.7 cm³/mol. The second-order valence-corrected chi connectivity index (χ2v) is 5.71. The topological polar surface area (TPSA) is 119 Å². The van der Waals surface area contributed by atoms with E-state index in [1.165, 1.54) is 0 Å². The number of anilines is 1. The summed E-state index contributed by atoms with van der Waals surface area (Å²) in [4.78, 5) is 27.8. The summed E-state index contributed by atoms with van der Waals surface area (Å²) in [5.74, 6) is 0.130. The molecule has 9 heteroatoms. The molecule has 0 spiro atoms. The number of carbonyl (C=O) groups excluding carboxylic acids is 1. The standard InChI is InChI=1S/C18H14N6O3/c25-16(17-19-11-15(27-17)10-12-4-2-1-3-5-12)20-13-6-8-14(9-7-13)24-18(26)21-22-23-24/h1-9,11H,10H2,(H,20,25)(H,21,23,26). The van der Waals surface area contributed by atoms with E-state index >= 15 is 0 Å². The monoisotopic (exact) mass is 362 g/mol. The van der Waals surface area contributed by atoms with Crippen LogP contribution >= 0.6 is 0 Å². The fraction of sp³-hybridized carbons (Fsp3) is 0.0556. The Morgan fingerprint density at radius 3 is 2.59 bits per heavy atom. The summed E-state index contributed by atoms with van der Waals surface area (Å²) in [6, 6.07) is 16.3. The summed E-state index contributed by atoms with van der Waals surface area (Å²) >= 11 is 0. The number of aromatic nitrogens is 5. The molecular formula is C18H14N6O3. The lowest BCUT2D eigenvalue weighted by atomic mass is 10.1. The van der Waals surface area contributed by atoms with E-state index in [0.29, 0.717) is 23.6 Å². The van der Waals surface area contributed by atoms with Crippen molar-refractivity contribution in [2.24, 2.45) is 0 Å². The van der Waals surface area contributed by atoms with Crippen LogP contribution in [-0.4, -0.2) is 31.1 Å². The number of aromatic amines is 1. The zero-order chi connectivity index (χ0) is 18.6. The van der Waals surface area contributed by atoms with Crippen LogP contribution in [0.5, 0.6) is 0 Å². The number of rotatable bonds is 5. The Bertz CT molecular complexity index is 1110. The van der Waals surface area contributed by atoms with Crippen molar-refractivity contribution in [3.8, 4) is 5.69 Å². The van der Waals surface area contributed by atoms with Gasteiger partial charge in [0.15, 0.2) is 0 Å². The first-order chi connectivity index (χ1) is 13.2.